The monoisotopic (exact) mass is 331 g/mol. The molecule has 0 aliphatic rings. The van der Waals surface area contributed by atoms with E-state index in [2.05, 4.69) is 38.2 Å². The van der Waals surface area contributed by atoms with Crippen LogP contribution in [-0.4, -0.2) is 5.91 Å². The largest absolute Gasteiger partial charge is 0.322 e. The van der Waals surface area contributed by atoms with E-state index in [-0.39, 0.29) is 16.3 Å². The van der Waals surface area contributed by atoms with Gasteiger partial charge in [-0.05, 0) is 40.8 Å². The summed E-state index contributed by atoms with van der Waals surface area (Å²) in [5.41, 5.74) is 2.72. The van der Waals surface area contributed by atoms with E-state index in [9.17, 15) is 9.18 Å². The number of hydrogen-bond donors (Lipinski definition) is 1. The van der Waals surface area contributed by atoms with E-state index in [1.165, 1.54) is 29.8 Å². The van der Waals surface area contributed by atoms with Gasteiger partial charge in [-0.3, -0.25) is 4.79 Å². The fourth-order valence-corrected chi connectivity index (χ4v) is 2.20. The first kappa shape index (κ1) is 17.2. The molecule has 0 radical (unpaired) electrons. The third-order valence-electron chi connectivity index (χ3n) is 3.39. The van der Waals surface area contributed by atoms with Crippen LogP contribution in [0.15, 0.2) is 48.5 Å². The first-order valence-electron chi connectivity index (χ1n) is 7.30. The van der Waals surface area contributed by atoms with Crippen LogP contribution in [0, 0.1) is 5.82 Å². The molecule has 0 fully saturated rings. The summed E-state index contributed by atoms with van der Waals surface area (Å²) in [6.07, 6.45) is 3.16. The third kappa shape index (κ3) is 4.93. The second-order valence-corrected chi connectivity index (χ2v) is 6.73. The summed E-state index contributed by atoms with van der Waals surface area (Å²) in [5.74, 6) is -0.813. The van der Waals surface area contributed by atoms with E-state index in [0.29, 0.717) is 5.69 Å². The van der Waals surface area contributed by atoms with Crippen LogP contribution in [0.5, 0.6) is 0 Å². The van der Waals surface area contributed by atoms with Crippen LogP contribution in [0.1, 0.15) is 31.9 Å². The highest BCUT2D eigenvalue weighted by molar-refractivity contribution is 6.31. The standard InChI is InChI=1S/C19H19ClFNO/c1-19(2,3)14-7-4-13(5-8-14)6-11-18(23)22-15-9-10-17(21)16(20)12-15/h4-12H,1-3H3,(H,22,23)/b11-6-. The Balaban J connectivity index is 2.02. The van der Waals surface area contributed by atoms with Gasteiger partial charge in [0.25, 0.3) is 0 Å². The van der Waals surface area contributed by atoms with E-state index in [4.69, 9.17) is 11.6 Å². The number of amides is 1. The molecule has 1 amide bonds. The summed E-state index contributed by atoms with van der Waals surface area (Å²) in [6, 6.07) is 12.1. The van der Waals surface area contributed by atoms with Gasteiger partial charge in [0.1, 0.15) is 5.82 Å². The number of nitrogens with one attached hydrogen (secondary N) is 1. The lowest BCUT2D eigenvalue weighted by Gasteiger charge is -2.18. The van der Waals surface area contributed by atoms with Gasteiger partial charge >= 0.3 is 0 Å². The topological polar surface area (TPSA) is 29.1 Å². The summed E-state index contributed by atoms with van der Waals surface area (Å²) >= 11 is 5.68. The lowest BCUT2D eigenvalue weighted by molar-refractivity contribution is -0.111. The molecule has 2 nitrogen and oxygen atoms in total. The van der Waals surface area contributed by atoms with Gasteiger partial charge in [0.15, 0.2) is 0 Å². The molecule has 0 aromatic heterocycles. The highest BCUT2D eigenvalue weighted by Crippen LogP contribution is 2.22. The van der Waals surface area contributed by atoms with E-state index < -0.39 is 5.82 Å². The second kappa shape index (κ2) is 6.97. The number of carbonyl (C=O) groups is 1. The molecule has 2 rings (SSSR count). The van der Waals surface area contributed by atoms with Gasteiger partial charge in [0.2, 0.25) is 5.91 Å². The van der Waals surface area contributed by atoms with Crippen LogP contribution in [0.25, 0.3) is 6.08 Å². The predicted molar refractivity (Wildman–Crippen MR) is 94.2 cm³/mol. The summed E-state index contributed by atoms with van der Waals surface area (Å²) in [7, 11) is 0. The van der Waals surface area contributed by atoms with Crippen LogP contribution in [0.3, 0.4) is 0 Å². The average molecular weight is 332 g/mol. The smallest absolute Gasteiger partial charge is 0.248 e. The van der Waals surface area contributed by atoms with E-state index in [1.54, 1.807) is 6.08 Å². The molecule has 0 heterocycles. The number of halogens is 2. The number of rotatable bonds is 3. The molecule has 0 bridgehead atoms. The Morgan fingerprint density at radius 2 is 1.78 bits per heavy atom. The van der Waals surface area contributed by atoms with Gasteiger partial charge in [-0.2, -0.15) is 0 Å². The Hall–Kier alpha value is -2.13. The number of hydrogen-bond acceptors (Lipinski definition) is 1. The van der Waals surface area contributed by atoms with Crippen LogP contribution >= 0.6 is 11.6 Å². The van der Waals surface area contributed by atoms with Gasteiger partial charge in [-0.1, -0.05) is 56.6 Å². The van der Waals surface area contributed by atoms with Gasteiger partial charge < -0.3 is 5.32 Å². The first-order chi connectivity index (χ1) is 10.8. The SMILES string of the molecule is CC(C)(C)c1ccc(/C=C\C(=O)Nc2ccc(F)c(Cl)c2)cc1. The Morgan fingerprint density at radius 1 is 1.13 bits per heavy atom. The fraction of sp³-hybridized carbons (Fsp3) is 0.211. The van der Waals surface area contributed by atoms with E-state index >= 15 is 0 Å². The lowest BCUT2D eigenvalue weighted by atomic mass is 9.87. The predicted octanol–water partition coefficient (Wildman–Crippen LogP) is 5.43. The average Bonchev–Trinajstić information content (AvgIpc) is 2.48. The normalized spacial score (nSPS) is 11.7. The van der Waals surface area contributed by atoms with Crippen molar-refractivity contribution in [1.29, 1.82) is 0 Å². The molecule has 0 unspecified atom stereocenters. The molecule has 0 aliphatic carbocycles. The van der Waals surface area contributed by atoms with Crippen molar-refractivity contribution < 1.29 is 9.18 Å². The van der Waals surface area contributed by atoms with Crippen molar-refractivity contribution in [3.63, 3.8) is 0 Å². The number of anilines is 1. The molecule has 0 saturated heterocycles. The molecule has 1 N–H and O–H groups in total. The Kier molecular flexibility index (Phi) is 5.22. The quantitative estimate of drug-likeness (QED) is 0.747. The van der Waals surface area contributed by atoms with Crippen molar-refractivity contribution in [2.24, 2.45) is 0 Å². The van der Waals surface area contributed by atoms with Crippen LogP contribution < -0.4 is 5.32 Å². The highest BCUT2D eigenvalue weighted by Gasteiger charge is 2.12. The molecule has 0 atom stereocenters. The number of benzene rings is 2. The molecule has 0 spiro atoms. The molecular formula is C19H19ClFNO. The summed E-state index contributed by atoms with van der Waals surface area (Å²) in [6.45, 7) is 6.46. The minimum atomic E-state index is -0.515. The minimum absolute atomic E-state index is 0.0236. The van der Waals surface area contributed by atoms with Crippen molar-refractivity contribution >= 4 is 29.3 Å². The Labute approximate surface area is 141 Å². The van der Waals surface area contributed by atoms with Gasteiger partial charge in [-0.15, -0.1) is 0 Å². The molecule has 0 aliphatic heterocycles. The maximum absolute atomic E-state index is 13.1. The molecule has 23 heavy (non-hydrogen) atoms. The van der Waals surface area contributed by atoms with Gasteiger partial charge in [0, 0.05) is 11.8 Å². The van der Waals surface area contributed by atoms with Crippen LogP contribution in [-0.2, 0) is 10.2 Å². The summed E-state index contributed by atoms with van der Waals surface area (Å²) in [5, 5.41) is 2.62. The Morgan fingerprint density at radius 3 is 2.35 bits per heavy atom. The van der Waals surface area contributed by atoms with Gasteiger partial charge in [-0.25, -0.2) is 4.39 Å². The van der Waals surface area contributed by atoms with Crippen LogP contribution in [0.2, 0.25) is 5.02 Å². The van der Waals surface area contributed by atoms with Crippen molar-refractivity contribution in [3.8, 4) is 0 Å². The molecule has 4 heteroatoms. The summed E-state index contributed by atoms with van der Waals surface area (Å²) < 4.78 is 13.1. The zero-order chi connectivity index (χ0) is 17.0. The Bertz CT molecular complexity index is 730. The maximum atomic E-state index is 13.1. The highest BCUT2D eigenvalue weighted by atomic mass is 35.5. The third-order valence-corrected chi connectivity index (χ3v) is 3.68. The first-order valence-corrected chi connectivity index (χ1v) is 7.68. The minimum Gasteiger partial charge on any atom is -0.322 e. The van der Waals surface area contributed by atoms with Crippen molar-refractivity contribution in [3.05, 3.63) is 70.5 Å². The molecule has 120 valence electrons. The molecular weight excluding hydrogens is 313 g/mol. The zero-order valence-electron chi connectivity index (χ0n) is 13.4. The molecule has 2 aromatic carbocycles. The van der Waals surface area contributed by atoms with Crippen molar-refractivity contribution in [1.82, 2.24) is 0 Å². The zero-order valence-corrected chi connectivity index (χ0v) is 14.1. The molecule has 0 saturated carbocycles. The molecule has 2 aromatic rings. The van der Waals surface area contributed by atoms with Crippen molar-refractivity contribution in [2.75, 3.05) is 5.32 Å². The van der Waals surface area contributed by atoms with Crippen LogP contribution in [0.4, 0.5) is 10.1 Å². The number of carbonyl (C=O) groups excluding carboxylic acids is 1. The van der Waals surface area contributed by atoms with E-state index in [0.717, 1.165) is 5.56 Å². The lowest BCUT2D eigenvalue weighted by Crippen LogP contribution is -2.10. The maximum Gasteiger partial charge on any atom is 0.248 e. The van der Waals surface area contributed by atoms with Gasteiger partial charge in [0.05, 0.1) is 5.02 Å². The fourth-order valence-electron chi connectivity index (χ4n) is 2.02. The second-order valence-electron chi connectivity index (χ2n) is 6.32. The van der Waals surface area contributed by atoms with Crippen molar-refractivity contribution in [2.45, 2.75) is 26.2 Å². The van der Waals surface area contributed by atoms with E-state index in [1.807, 2.05) is 12.1 Å². The summed E-state index contributed by atoms with van der Waals surface area (Å²) in [4.78, 5) is 11.9.